The molecule has 0 bridgehead atoms. The van der Waals surface area contributed by atoms with Crippen molar-refractivity contribution in [3.05, 3.63) is 11.8 Å². The molecule has 0 fully saturated rings. The maximum Gasteiger partial charge on any atom is 0.261 e. The van der Waals surface area contributed by atoms with Crippen molar-refractivity contribution in [3.63, 3.8) is 0 Å². The molecule has 3 N–H and O–H groups in total. The number of hydrogen-bond acceptors (Lipinski definition) is 4. The third-order valence-electron chi connectivity index (χ3n) is 2.41. The van der Waals surface area contributed by atoms with Crippen LogP contribution in [0.2, 0.25) is 0 Å². The van der Waals surface area contributed by atoms with E-state index in [1.54, 1.807) is 6.26 Å². The molecule has 0 radical (unpaired) electrons. The molecule has 4 nitrogen and oxygen atoms in total. The van der Waals surface area contributed by atoms with Crippen LogP contribution in [-0.2, 0) is 9.47 Å². The highest BCUT2D eigenvalue weighted by Gasteiger charge is 2.15. The Bertz CT molecular complexity index is 225. The van der Waals surface area contributed by atoms with Crippen LogP contribution in [0.3, 0.4) is 0 Å². The monoisotopic (exact) mass is 236 g/mol. The molecule has 0 aromatic rings. The molecule has 1 aliphatic heterocycles. The van der Waals surface area contributed by atoms with Crippen molar-refractivity contribution < 1.29 is 18.3 Å². The van der Waals surface area contributed by atoms with Gasteiger partial charge in [-0.3, -0.25) is 11.3 Å². The van der Waals surface area contributed by atoms with Crippen molar-refractivity contribution in [1.29, 1.82) is 0 Å². The summed E-state index contributed by atoms with van der Waals surface area (Å²) in [7, 11) is 0. The number of alkyl halides is 2. The zero-order valence-corrected chi connectivity index (χ0v) is 9.12. The average Bonchev–Trinajstić information content (AvgIpc) is 2.30. The second kappa shape index (κ2) is 7.54. The van der Waals surface area contributed by atoms with E-state index in [0.717, 1.165) is 25.0 Å². The maximum absolute atomic E-state index is 11.8. The topological polar surface area (TPSA) is 56.5 Å². The number of nitrogens with two attached hydrogens (primary N) is 1. The van der Waals surface area contributed by atoms with E-state index in [2.05, 4.69) is 5.43 Å². The minimum atomic E-state index is -2.42. The Balaban J connectivity index is 2.23. The molecule has 0 saturated heterocycles. The number of rotatable bonds is 7. The molecule has 0 spiro atoms. The van der Waals surface area contributed by atoms with Gasteiger partial charge in [0.2, 0.25) is 0 Å². The molecule has 0 aliphatic carbocycles. The fraction of sp³-hybridized carbons (Fsp3) is 0.800. The molecule has 0 saturated carbocycles. The number of ether oxygens (including phenoxy) is 2. The lowest BCUT2D eigenvalue weighted by Crippen LogP contribution is -2.38. The zero-order valence-electron chi connectivity index (χ0n) is 9.12. The van der Waals surface area contributed by atoms with Crippen LogP contribution in [0.25, 0.3) is 0 Å². The molecule has 0 aromatic carbocycles. The first-order valence-corrected chi connectivity index (χ1v) is 5.36. The lowest BCUT2D eigenvalue weighted by molar-refractivity contribution is 0.0150. The molecule has 1 unspecified atom stereocenters. The largest absolute Gasteiger partial charge is 0.501 e. The van der Waals surface area contributed by atoms with Crippen molar-refractivity contribution in [1.82, 2.24) is 5.43 Å². The van der Waals surface area contributed by atoms with E-state index in [1.807, 2.05) is 0 Å². The Morgan fingerprint density at radius 2 is 2.38 bits per heavy atom. The summed E-state index contributed by atoms with van der Waals surface area (Å²) in [5.41, 5.74) is 3.71. The fourth-order valence-electron chi connectivity index (χ4n) is 1.59. The predicted octanol–water partition coefficient (Wildman–Crippen LogP) is 1.18. The Hall–Kier alpha value is -0.720. The molecular weight excluding hydrogens is 218 g/mol. The number of hydrogen-bond donors (Lipinski definition) is 2. The first-order chi connectivity index (χ1) is 7.74. The summed E-state index contributed by atoms with van der Waals surface area (Å²) in [4.78, 5) is 0. The SMILES string of the molecule is NNC(CCOCC(F)F)C1=COCCC1. The van der Waals surface area contributed by atoms with Crippen LogP contribution in [0.5, 0.6) is 0 Å². The second-order valence-corrected chi connectivity index (χ2v) is 3.64. The van der Waals surface area contributed by atoms with Gasteiger partial charge < -0.3 is 9.47 Å². The molecule has 16 heavy (non-hydrogen) atoms. The highest BCUT2D eigenvalue weighted by molar-refractivity contribution is 5.09. The highest BCUT2D eigenvalue weighted by atomic mass is 19.3. The molecule has 6 heteroatoms. The van der Waals surface area contributed by atoms with Crippen LogP contribution in [0.15, 0.2) is 11.8 Å². The number of nitrogens with one attached hydrogen (secondary N) is 1. The van der Waals surface area contributed by atoms with Gasteiger partial charge in [0.05, 0.1) is 12.9 Å². The van der Waals surface area contributed by atoms with Crippen LogP contribution in [-0.4, -0.2) is 32.3 Å². The lowest BCUT2D eigenvalue weighted by Gasteiger charge is -2.22. The van der Waals surface area contributed by atoms with Crippen LogP contribution in [0.1, 0.15) is 19.3 Å². The van der Waals surface area contributed by atoms with Crippen LogP contribution in [0.4, 0.5) is 8.78 Å². The van der Waals surface area contributed by atoms with Crippen molar-refractivity contribution >= 4 is 0 Å². The second-order valence-electron chi connectivity index (χ2n) is 3.64. The molecule has 1 atom stereocenters. The summed E-state index contributed by atoms with van der Waals surface area (Å²) in [5.74, 6) is 5.40. The van der Waals surface area contributed by atoms with Gasteiger partial charge in [0.25, 0.3) is 6.43 Å². The van der Waals surface area contributed by atoms with Gasteiger partial charge in [0, 0.05) is 12.6 Å². The highest BCUT2D eigenvalue weighted by Crippen LogP contribution is 2.17. The molecule has 1 aliphatic rings. The van der Waals surface area contributed by atoms with Gasteiger partial charge in [0.15, 0.2) is 0 Å². The first kappa shape index (κ1) is 13.3. The van der Waals surface area contributed by atoms with E-state index in [1.165, 1.54) is 0 Å². The van der Waals surface area contributed by atoms with Gasteiger partial charge in [-0.15, -0.1) is 0 Å². The molecular formula is C10H18F2N2O2. The molecule has 1 heterocycles. The molecule has 0 aromatic heterocycles. The maximum atomic E-state index is 11.8. The average molecular weight is 236 g/mol. The van der Waals surface area contributed by atoms with Gasteiger partial charge >= 0.3 is 0 Å². The van der Waals surface area contributed by atoms with Gasteiger partial charge in [0.1, 0.15) is 6.61 Å². The van der Waals surface area contributed by atoms with Gasteiger partial charge in [-0.2, -0.15) is 0 Å². The summed E-state index contributed by atoms with van der Waals surface area (Å²) < 4.78 is 33.6. The minimum Gasteiger partial charge on any atom is -0.501 e. The van der Waals surface area contributed by atoms with E-state index < -0.39 is 13.0 Å². The Morgan fingerprint density at radius 1 is 1.56 bits per heavy atom. The fourth-order valence-corrected chi connectivity index (χ4v) is 1.59. The Labute approximate surface area is 93.7 Å². The van der Waals surface area contributed by atoms with Crippen molar-refractivity contribution in [3.8, 4) is 0 Å². The standard InChI is InChI=1S/C10H18F2N2O2/c11-10(12)7-16-5-3-9(14-13)8-2-1-4-15-6-8/h6,9-10,14H,1-5,7,13H2. The summed E-state index contributed by atoms with van der Waals surface area (Å²) in [6.07, 6.45) is 1.73. The van der Waals surface area contributed by atoms with Crippen LogP contribution < -0.4 is 11.3 Å². The summed E-state index contributed by atoms with van der Waals surface area (Å²) in [6.45, 7) is 0.464. The molecule has 1 rings (SSSR count). The van der Waals surface area contributed by atoms with Gasteiger partial charge in [-0.25, -0.2) is 8.78 Å². The normalized spacial score (nSPS) is 18.1. The third-order valence-corrected chi connectivity index (χ3v) is 2.41. The van der Waals surface area contributed by atoms with E-state index in [0.29, 0.717) is 6.42 Å². The first-order valence-electron chi connectivity index (χ1n) is 5.36. The van der Waals surface area contributed by atoms with Crippen molar-refractivity contribution in [2.75, 3.05) is 19.8 Å². The third kappa shape index (κ3) is 4.87. The summed E-state index contributed by atoms with van der Waals surface area (Å²) in [6, 6.07) is -0.0574. The zero-order chi connectivity index (χ0) is 11.8. The van der Waals surface area contributed by atoms with Crippen molar-refractivity contribution in [2.24, 2.45) is 5.84 Å². The Kier molecular flexibility index (Phi) is 6.29. The predicted molar refractivity (Wildman–Crippen MR) is 55.8 cm³/mol. The molecule has 0 amide bonds. The number of halogens is 2. The van der Waals surface area contributed by atoms with Gasteiger partial charge in [-0.1, -0.05) is 0 Å². The number of hydrazine groups is 1. The van der Waals surface area contributed by atoms with Gasteiger partial charge in [-0.05, 0) is 24.8 Å². The smallest absolute Gasteiger partial charge is 0.261 e. The summed E-state index contributed by atoms with van der Waals surface area (Å²) >= 11 is 0. The van der Waals surface area contributed by atoms with E-state index in [-0.39, 0.29) is 12.6 Å². The quantitative estimate of drug-likeness (QED) is 0.396. The van der Waals surface area contributed by atoms with Crippen LogP contribution in [0, 0.1) is 0 Å². The van der Waals surface area contributed by atoms with Crippen molar-refractivity contribution in [2.45, 2.75) is 31.7 Å². The van der Waals surface area contributed by atoms with E-state index >= 15 is 0 Å². The van der Waals surface area contributed by atoms with E-state index in [4.69, 9.17) is 15.3 Å². The molecule has 94 valence electrons. The summed E-state index contributed by atoms with van der Waals surface area (Å²) in [5, 5.41) is 0. The van der Waals surface area contributed by atoms with Crippen LogP contribution >= 0.6 is 0 Å². The lowest BCUT2D eigenvalue weighted by atomic mass is 10.0. The minimum absolute atomic E-state index is 0.0574. The van der Waals surface area contributed by atoms with E-state index in [9.17, 15) is 8.78 Å². The Morgan fingerprint density at radius 3 is 2.94 bits per heavy atom.